The van der Waals surface area contributed by atoms with E-state index in [9.17, 15) is 4.79 Å². The first kappa shape index (κ1) is 13.2. The van der Waals surface area contributed by atoms with Gasteiger partial charge in [-0.25, -0.2) is 0 Å². The van der Waals surface area contributed by atoms with Crippen molar-refractivity contribution < 1.29 is 4.79 Å². The Hall–Kier alpha value is -0.850. The van der Waals surface area contributed by atoms with E-state index in [-0.39, 0.29) is 5.92 Å². The van der Waals surface area contributed by atoms with Gasteiger partial charge < -0.3 is 0 Å². The van der Waals surface area contributed by atoms with Crippen LogP contribution in [0.1, 0.15) is 59.3 Å². The summed E-state index contributed by atoms with van der Waals surface area (Å²) < 4.78 is 0. The highest BCUT2D eigenvalue weighted by atomic mass is 16.1. The lowest BCUT2D eigenvalue weighted by atomic mass is 9.94. The summed E-state index contributed by atoms with van der Waals surface area (Å²) in [5, 5.41) is 0. The van der Waals surface area contributed by atoms with Crippen LogP contribution < -0.4 is 0 Å². The molecule has 1 aliphatic rings. The van der Waals surface area contributed by atoms with E-state index in [0.717, 1.165) is 32.1 Å². The van der Waals surface area contributed by atoms with Crippen molar-refractivity contribution in [2.24, 2.45) is 5.92 Å². The highest BCUT2D eigenvalue weighted by molar-refractivity contribution is 5.80. The average molecular weight is 220 g/mol. The molecule has 0 N–H and O–H groups in total. The van der Waals surface area contributed by atoms with E-state index in [1.54, 1.807) is 0 Å². The van der Waals surface area contributed by atoms with Gasteiger partial charge in [0.25, 0.3) is 0 Å². The predicted octanol–water partition coefficient (Wildman–Crippen LogP) is 4.44. The maximum Gasteiger partial charge on any atom is 0.136 e. The van der Waals surface area contributed by atoms with Gasteiger partial charge in [0.05, 0.1) is 0 Å². The Morgan fingerprint density at radius 2 is 1.62 bits per heavy atom. The van der Waals surface area contributed by atoms with Crippen molar-refractivity contribution in [1.82, 2.24) is 0 Å². The van der Waals surface area contributed by atoms with Gasteiger partial charge in [0.2, 0.25) is 0 Å². The molecule has 0 radical (unpaired) electrons. The van der Waals surface area contributed by atoms with Crippen LogP contribution in [0.5, 0.6) is 0 Å². The molecule has 1 heteroatoms. The van der Waals surface area contributed by atoms with Crippen LogP contribution in [0.3, 0.4) is 0 Å². The molecule has 1 aliphatic carbocycles. The Bertz CT molecular complexity index is 297. The Balaban J connectivity index is 2.64. The van der Waals surface area contributed by atoms with Gasteiger partial charge >= 0.3 is 0 Å². The molecule has 0 aromatic heterocycles. The second-order valence-corrected chi connectivity index (χ2v) is 5.08. The summed E-state index contributed by atoms with van der Waals surface area (Å²) in [6.07, 6.45) is 10.6. The molecule has 0 saturated carbocycles. The summed E-state index contributed by atoms with van der Waals surface area (Å²) in [6, 6.07) is 0. The molecular weight excluding hydrogens is 196 g/mol. The van der Waals surface area contributed by atoms with Gasteiger partial charge in [0.1, 0.15) is 5.78 Å². The molecule has 0 bridgehead atoms. The molecule has 16 heavy (non-hydrogen) atoms. The van der Waals surface area contributed by atoms with Gasteiger partial charge in [-0.3, -0.25) is 4.79 Å². The molecule has 1 atom stereocenters. The summed E-state index contributed by atoms with van der Waals surface area (Å²) in [5.74, 6) is 0.663. The number of ketones is 1. The summed E-state index contributed by atoms with van der Waals surface area (Å²) in [5.41, 5.74) is 2.83. The number of hydrogen-bond donors (Lipinski definition) is 0. The lowest BCUT2D eigenvalue weighted by Gasteiger charge is -2.11. The third-order valence-corrected chi connectivity index (χ3v) is 3.44. The van der Waals surface area contributed by atoms with Crippen LogP contribution in [0, 0.1) is 5.92 Å². The standard InChI is InChI=1S/C15H24O/c1-12-6-4-7-13(2)10-11-15(16)14(3)9-5-8-12/h7-8,14H,4-6,9-11H2,1-3H3/b12-8?,13-7-. The van der Waals surface area contributed by atoms with Crippen LogP contribution in [-0.2, 0) is 4.79 Å². The molecule has 1 rings (SSSR count). The highest BCUT2D eigenvalue weighted by Gasteiger charge is 2.12. The minimum absolute atomic E-state index is 0.233. The van der Waals surface area contributed by atoms with Crippen molar-refractivity contribution in [2.75, 3.05) is 0 Å². The third kappa shape index (κ3) is 4.78. The minimum atomic E-state index is 0.233. The van der Waals surface area contributed by atoms with E-state index < -0.39 is 0 Å². The van der Waals surface area contributed by atoms with Crippen LogP contribution in [0.25, 0.3) is 0 Å². The summed E-state index contributed by atoms with van der Waals surface area (Å²) in [6.45, 7) is 6.40. The van der Waals surface area contributed by atoms with Crippen molar-refractivity contribution in [2.45, 2.75) is 59.3 Å². The Morgan fingerprint density at radius 3 is 2.38 bits per heavy atom. The predicted molar refractivity (Wildman–Crippen MR) is 69.4 cm³/mol. The lowest BCUT2D eigenvalue weighted by molar-refractivity contribution is -0.122. The molecule has 1 nitrogen and oxygen atoms in total. The molecule has 0 spiro atoms. The zero-order chi connectivity index (χ0) is 12.0. The number of rotatable bonds is 0. The van der Waals surface area contributed by atoms with E-state index in [0.29, 0.717) is 5.78 Å². The van der Waals surface area contributed by atoms with Gasteiger partial charge in [-0.05, 0) is 46.0 Å². The largest absolute Gasteiger partial charge is 0.299 e. The fourth-order valence-electron chi connectivity index (χ4n) is 2.06. The first-order valence-electron chi connectivity index (χ1n) is 6.43. The van der Waals surface area contributed by atoms with Gasteiger partial charge in [0.15, 0.2) is 0 Å². The molecule has 0 aliphatic heterocycles. The van der Waals surface area contributed by atoms with Gasteiger partial charge in [0, 0.05) is 12.3 Å². The summed E-state index contributed by atoms with van der Waals surface area (Å²) >= 11 is 0. The molecule has 0 saturated heterocycles. The van der Waals surface area contributed by atoms with Crippen LogP contribution >= 0.6 is 0 Å². The smallest absolute Gasteiger partial charge is 0.136 e. The van der Waals surface area contributed by atoms with Gasteiger partial charge in [-0.2, -0.15) is 0 Å². The Morgan fingerprint density at radius 1 is 1.00 bits per heavy atom. The SMILES string of the molecule is CC1=CCCC(C)C(=O)CC/C(C)=C\CC1. The number of carbonyl (C=O) groups is 1. The van der Waals surface area contributed by atoms with E-state index in [4.69, 9.17) is 0 Å². The first-order valence-corrected chi connectivity index (χ1v) is 6.43. The molecule has 0 amide bonds. The van der Waals surface area contributed by atoms with Crippen LogP contribution in [-0.4, -0.2) is 5.78 Å². The normalized spacial score (nSPS) is 28.4. The van der Waals surface area contributed by atoms with Crippen molar-refractivity contribution in [1.29, 1.82) is 0 Å². The number of Topliss-reactive ketones (excluding diaryl/α,β-unsaturated/α-hetero) is 1. The highest BCUT2D eigenvalue weighted by Crippen LogP contribution is 2.17. The van der Waals surface area contributed by atoms with Gasteiger partial charge in [-0.15, -0.1) is 0 Å². The fraction of sp³-hybridized carbons (Fsp3) is 0.667. The van der Waals surface area contributed by atoms with Crippen molar-refractivity contribution >= 4 is 5.78 Å². The van der Waals surface area contributed by atoms with Gasteiger partial charge in [-0.1, -0.05) is 30.2 Å². The van der Waals surface area contributed by atoms with E-state index in [2.05, 4.69) is 32.9 Å². The zero-order valence-electron chi connectivity index (χ0n) is 10.9. The molecule has 0 aromatic rings. The number of hydrogen-bond acceptors (Lipinski definition) is 1. The average Bonchev–Trinajstić information content (AvgIpc) is 2.24. The molecule has 1 unspecified atom stereocenters. The van der Waals surface area contributed by atoms with Crippen molar-refractivity contribution in [3.8, 4) is 0 Å². The second-order valence-electron chi connectivity index (χ2n) is 5.08. The molecule has 0 aromatic carbocycles. The zero-order valence-corrected chi connectivity index (χ0v) is 10.9. The fourth-order valence-corrected chi connectivity index (χ4v) is 2.06. The Labute approximate surface area is 99.6 Å². The topological polar surface area (TPSA) is 17.1 Å². The first-order chi connectivity index (χ1) is 7.59. The van der Waals surface area contributed by atoms with E-state index in [1.807, 2.05) is 0 Å². The van der Waals surface area contributed by atoms with Crippen LogP contribution in [0.15, 0.2) is 23.3 Å². The maximum absolute atomic E-state index is 11.8. The van der Waals surface area contributed by atoms with E-state index >= 15 is 0 Å². The van der Waals surface area contributed by atoms with Crippen molar-refractivity contribution in [3.05, 3.63) is 23.3 Å². The molecule has 0 heterocycles. The number of carbonyl (C=O) groups excluding carboxylic acids is 1. The summed E-state index contributed by atoms with van der Waals surface area (Å²) in [4.78, 5) is 11.8. The van der Waals surface area contributed by atoms with Crippen LogP contribution in [0.4, 0.5) is 0 Å². The third-order valence-electron chi connectivity index (χ3n) is 3.44. The lowest BCUT2D eigenvalue weighted by Crippen LogP contribution is -2.10. The minimum Gasteiger partial charge on any atom is -0.299 e. The second kappa shape index (κ2) is 6.67. The molecule has 90 valence electrons. The monoisotopic (exact) mass is 220 g/mol. The number of allylic oxidation sites excluding steroid dienone is 4. The quantitative estimate of drug-likeness (QED) is 0.552. The molecule has 0 fully saturated rings. The molecular formula is C15H24O. The van der Waals surface area contributed by atoms with Crippen molar-refractivity contribution in [3.63, 3.8) is 0 Å². The maximum atomic E-state index is 11.8. The Kier molecular flexibility index (Phi) is 5.51. The van der Waals surface area contributed by atoms with E-state index in [1.165, 1.54) is 17.6 Å². The van der Waals surface area contributed by atoms with Crippen LogP contribution in [0.2, 0.25) is 0 Å². The summed E-state index contributed by atoms with van der Waals surface area (Å²) in [7, 11) is 0.